The van der Waals surface area contributed by atoms with E-state index >= 15 is 0 Å². The van der Waals surface area contributed by atoms with Crippen LogP contribution >= 0.6 is 0 Å². The van der Waals surface area contributed by atoms with Crippen molar-refractivity contribution in [1.29, 1.82) is 0 Å². The summed E-state index contributed by atoms with van der Waals surface area (Å²) in [5.74, 6) is 1.87. The van der Waals surface area contributed by atoms with E-state index in [9.17, 15) is 0 Å². The molecule has 2 heteroatoms. The number of ether oxygens (including phenoxy) is 1. The van der Waals surface area contributed by atoms with Crippen molar-refractivity contribution in [3.63, 3.8) is 0 Å². The molecule has 0 bridgehead atoms. The van der Waals surface area contributed by atoms with Gasteiger partial charge in [-0.3, -0.25) is 0 Å². The van der Waals surface area contributed by atoms with Crippen LogP contribution in [0.1, 0.15) is 69.0 Å². The van der Waals surface area contributed by atoms with E-state index < -0.39 is 0 Å². The Hall–Kier alpha value is -1.02. The summed E-state index contributed by atoms with van der Waals surface area (Å²) in [4.78, 5) is 0. The van der Waals surface area contributed by atoms with Crippen molar-refractivity contribution >= 4 is 0 Å². The molecule has 1 N–H and O–H groups in total. The van der Waals surface area contributed by atoms with Crippen LogP contribution in [0.4, 0.5) is 0 Å². The Morgan fingerprint density at radius 2 is 1.90 bits per heavy atom. The second-order valence-corrected chi connectivity index (χ2v) is 6.80. The minimum Gasteiger partial charge on any atom is -0.490 e. The summed E-state index contributed by atoms with van der Waals surface area (Å²) in [6.45, 7) is 5.39. The van der Waals surface area contributed by atoms with E-state index in [1.54, 1.807) is 0 Å². The minimum atomic E-state index is 0.405. The molecular weight excluding hydrogens is 258 g/mol. The maximum atomic E-state index is 6.42. The van der Waals surface area contributed by atoms with Gasteiger partial charge in [0, 0.05) is 18.0 Å². The fourth-order valence-electron chi connectivity index (χ4n) is 4.03. The lowest BCUT2D eigenvalue weighted by Crippen LogP contribution is -2.37. The molecule has 1 aromatic rings. The van der Waals surface area contributed by atoms with Crippen molar-refractivity contribution in [2.24, 2.45) is 5.92 Å². The zero-order valence-corrected chi connectivity index (χ0v) is 13.5. The van der Waals surface area contributed by atoms with Gasteiger partial charge in [0.05, 0.1) is 0 Å². The maximum Gasteiger partial charge on any atom is 0.124 e. The first-order valence-electron chi connectivity index (χ1n) is 8.78. The predicted molar refractivity (Wildman–Crippen MR) is 87.8 cm³/mol. The van der Waals surface area contributed by atoms with E-state index in [0.29, 0.717) is 12.1 Å². The molecule has 1 saturated carbocycles. The average Bonchev–Trinajstić information content (AvgIpc) is 2.77. The Labute approximate surface area is 129 Å². The zero-order valence-electron chi connectivity index (χ0n) is 13.5. The van der Waals surface area contributed by atoms with E-state index in [1.807, 2.05) is 0 Å². The molecule has 0 aromatic heterocycles. The van der Waals surface area contributed by atoms with Crippen LogP contribution in [0.3, 0.4) is 0 Å². The van der Waals surface area contributed by atoms with Crippen LogP contribution in [0.25, 0.3) is 0 Å². The quantitative estimate of drug-likeness (QED) is 0.809. The van der Waals surface area contributed by atoms with Crippen LogP contribution in [0.2, 0.25) is 0 Å². The van der Waals surface area contributed by atoms with Crippen LogP contribution < -0.4 is 10.1 Å². The molecule has 0 saturated heterocycles. The smallest absolute Gasteiger partial charge is 0.124 e. The summed E-state index contributed by atoms with van der Waals surface area (Å²) in [5, 5.41) is 3.67. The molecule has 1 aromatic carbocycles. The molecule has 2 unspecified atom stereocenters. The largest absolute Gasteiger partial charge is 0.490 e. The number of benzene rings is 1. The number of fused-ring (bicyclic) bond motifs is 1. The molecule has 1 aliphatic carbocycles. The van der Waals surface area contributed by atoms with Crippen LogP contribution in [0.15, 0.2) is 18.2 Å². The molecule has 2 nitrogen and oxygen atoms in total. The van der Waals surface area contributed by atoms with E-state index in [2.05, 4.69) is 37.4 Å². The number of hydrogen-bond acceptors (Lipinski definition) is 2. The van der Waals surface area contributed by atoms with Crippen molar-refractivity contribution in [3.05, 3.63) is 29.3 Å². The van der Waals surface area contributed by atoms with Crippen molar-refractivity contribution in [2.75, 3.05) is 6.54 Å². The fourth-order valence-corrected chi connectivity index (χ4v) is 4.03. The van der Waals surface area contributed by atoms with Crippen molar-refractivity contribution < 1.29 is 4.74 Å². The highest BCUT2D eigenvalue weighted by atomic mass is 16.5. The fraction of sp³-hybridized carbons (Fsp3) is 0.684. The standard InChI is InChI=1S/C19H29NO/c1-3-20-17-13-19(15-8-6-4-5-7-9-15)21-18-11-10-14(2)12-16(17)18/h10-12,15,17,19-20H,3-9,13H2,1-2H3. The number of nitrogens with one attached hydrogen (secondary N) is 1. The molecule has 21 heavy (non-hydrogen) atoms. The molecule has 1 heterocycles. The van der Waals surface area contributed by atoms with Gasteiger partial charge in [-0.25, -0.2) is 0 Å². The monoisotopic (exact) mass is 287 g/mol. The third-order valence-corrected chi connectivity index (χ3v) is 5.16. The van der Waals surface area contributed by atoms with Gasteiger partial charge in [0.15, 0.2) is 0 Å². The Morgan fingerprint density at radius 1 is 1.14 bits per heavy atom. The Kier molecular flexibility index (Phi) is 4.84. The summed E-state index contributed by atoms with van der Waals surface area (Å²) in [5.41, 5.74) is 2.69. The van der Waals surface area contributed by atoms with Gasteiger partial charge < -0.3 is 10.1 Å². The van der Waals surface area contributed by atoms with Gasteiger partial charge in [0.25, 0.3) is 0 Å². The SMILES string of the molecule is CCNC1CC(C2CCCCCC2)Oc2ccc(C)cc21. The summed E-state index contributed by atoms with van der Waals surface area (Å²) < 4.78 is 6.42. The normalized spacial score (nSPS) is 26.8. The number of aryl methyl sites for hydroxylation is 1. The van der Waals surface area contributed by atoms with Gasteiger partial charge >= 0.3 is 0 Å². The molecular formula is C19H29NO. The molecule has 2 atom stereocenters. The maximum absolute atomic E-state index is 6.42. The second-order valence-electron chi connectivity index (χ2n) is 6.80. The van der Waals surface area contributed by atoms with Crippen LogP contribution in [0.5, 0.6) is 5.75 Å². The molecule has 0 amide bonds. The van der Waals surface area contributed by atoms with E-state index in [1.165, 1.54) is 49.7 Å². The first-order chi connectivity index (χ1) is 10.3. The molecule has 1 fully saturated rings. The summed E-state index contributed by atoms with van der Waals surface area (Å²) in [6, 6.07) is 7.12. The highest BCUT2D eigenvalue weighted by Crippen LogP contribution is 2.40. The third-order valence-electron chi connectivity index (χ3n) is 5.16. The van der Waals surface area contributed by atoms with Gasteiger partial charge in [-0.1, -0.05) is 50.3 Å². The summed E-state index contributed by atoms with van der Waals surface area (Å²) >= 11 is 0. The van der Waals surface area contributed by atoms with Gasteiger partial charge in [-0.05, 0) is 38.3 Å². The van der Waals surface area contributed by atoms with Crippen molar-refractivity contribution in [3.8, 4) is 5.75 Å². The lowest BCUT2D eigenvalue weighted by molar-refractivity contribution is 0.0846. The van der Waals surface area contributed by atoms with Gasteiger partial charge in [-0.15, -0.1) is 0 Å². The first kappa shape index (κ1) is 14.9. The first-order valence-corrected chi connectivity index (χ1v) is 8.78. The highest BCUT2D eigenvalue weighted by Gasteiger charge is 2.33. The molecule has 0 spiro atoms. The van der Waals surface area contributed by atoms with Gasteiger partial charge in [0.1, 0.15) is 11.9 Å². The van der Waals surface area contributed by atoms with Crippen molar-refractivity contribution in [2.45, 2.75) is 70.9 Å². The lowest BCUT2D eigenvalue weighted by Gasteiger charge is -2.37. The van der Waals surface area contributed by atoms with Crippen molar-refractivity contribution in [1.82, 2.24) is 5.32 Å². The zero-order chi connectivity index (χ0) is 14.7. The molecule has 2 aliphatic rings. The number of hydrogen-bond donors (Lipinski definition) is 1. The van der Waals surface area contributed by atoms with E-state index in [0.717, 1.165) is 24.6 Å². The third kappa shape index (κ3) is 3.42. The Bertz CT molecular complexity index is 463. The predicted octanol–water partition coefficient (Wildman–Crippen LogP) is 4.77. The minimum absolute atomic E-state index is 0.405. The molecule has 116 valence electrons. The van der Waals surface area contributed by atoms with E-state index in [-0.39, 0.29) is 0 Å². The Morgan fingerprint density at radius 3 is 2.62 bits per heavy atom. The highest BCUT2D eigenvalue weighted by molar-refractivity contribution is 5.41. The second kappa shape index (κ2) is 6.83. The summed E-state index contributed by atoms with van der Waals surface area (Å²) in [6.07, 6.45) is 9.84. The lowest BCUT2D eigenvalue weighted by atomic mass is 9.85. The van der Waals surface area contributed by atoms with Gasteiger partial charge in [-0.2, -0.15) is 0 Å². The number of rotatable bonds is 3. The van der Waals surface area contributed by atoms with Crippen LogP contribution in [0, 0.1) is 12.8 Å². The van der Waals surface area contributed by atoms with E-state index in [4.69, 9.17) is 4.74 Å². The topological polar surface area (TPSA) is 21.3 Å². The van der Waals surface area contributed by atoms with Crippen LogP contribution in [-0.2, 0) is 0 Å². The molecule has 3 rings (SSSR count). The summed E-state index contributed by atoms with van der Waals surface area (Å²) in [7, 11) is 0. The Balaban J connectivity index is 1.81. The van der Waals surface area contributed by atoms with Gasteiger partial charge in [0.2, 0.25) is 0 Å². The molecule has 1 aliphatic heterocycles. The average molecular weight is 287 g/mol. The van der Waals surface area contributed by atoms with Crippen LogP contribution in [-0.4, -0.2) is 12.6 Å². The molecule has 0 radical (unpaired) electrons.